The Morgan fingerprint density at radius 2 is 2.29 bits per heavy atom. The van der Waals surface area contributed by atoms with Crippen molar-refractivity contribution in [3.63, 3.8) is 0 Å². The fraction of sp³-hybridized carbons (Fsp3) is 0.727. The van der Waals surface area contributed by atoms with Crippen LogP contribution >= 0.6 is 0 Å². The van der Waals surface area contributed by atoms with E-state index < -0.39 is 0 Å². The predicted molar refractivity (Wildman–Crippen MR) is 51.8 cm³/mol. The molecule has 0 N–H and O–H groups in total. The molecule has 1 saturated carbocycles. The third-order valence-corrected chi connectivity index (χ3v) is 2.91. The number of hydrogen-bond acceptors (Lipinski definition) is 3. The SMILES string of the molecule is C=C(C)C(=O)OC[C@@H]1CC[C@@H]2O[C@@H]2C1. The first-order valence-corrected chi connectivity index (χ1v) is 5.15. The van der Waals surface area contributed by atoms with E-state index in [2.05, 4.69) is 6.58 Å². The van der Waals surface area contributed by atoms with E-state index in [0.29, 0.717) is 30.3 Å². The molecule has 0 radical (unpaired) electrons. The highest BCUT2D eigenvalue weighted by Gasteiger charge is 2.43. The lowest BCUT2D eigenvalue weighted by molar-refractivity contribution is -0.140. The molecule has 3 atom stereocenters. The summed E-state index contributed by atoms with van der Waals surface area (Å²) in [5.74, 6) is 0.214. The van der Waals surface area contributed by atoms with Crippen LogP contribution in [0.2, 0.25) is 0 Å². The first-order chi connectivity index (χ1) is 6.66. The lowest BCUT2D eigenvalue weighted by Crippen LogP contribution is -2.20. The minimum Gasteiger partial charge on any atom is -0.462 e. The fourth-order valence-corrected chi connectivity index (χ4v) is 1.95. The molecule has 78 valence electrons. The molecule has 0 aromatic rings. The molecule has 1 heterocycles. The van der Waals surface area contributed by atoms with Crippen molar-refractivity contribution in [1.82, 2.24) is 0 Å². The van der Waals surface area contributed by atoms with Crippen LogP contribution in [-0.2, 0) is 14.3 Å². The van der Waals surface area contributed by atoms with Gasteiger partial charge in [0.05, 0.1) is 18.8 Å². The second-order valence-corrected chi connectivity index (χ2v) is 4.27. The van der Waals surface area contributed by atoms with Gasteiger partial charge in [0.1, 0.15) is 0 Å². The van der Waals surface area contributed by atoms with Crippen LogP contribution in [0.5, 0.6) is 0 Å². The first-order valence-electron chi connectivity index (χ1n) is 5.15. The van der Waals surface area contributed by atoms with Crippen molar-refractivity contribution < 1.29 is 14.3 Å². The Morgan fingerprint density at radius 1 is 1.50 bits per heavy atom. The molecule has 3 heteroatoms. The number of hydrogen-bond donors (Lipinski definition) is 0. The Kier molecular flexibility index (Phi) is 2.59. The lowest BCUT2D eigenvalue weighted by Gasteiger charge is -2.18. The summed E-state index contributed by atoms with van der Waals surface area (Å²) in [7, 11) is 0. The fourth-order valence-electron chi connectivity index (χ4n) is 1.95. The van der Waals surface area contributed by atoms with E-state index in [-0.39, 0.29) is 5.97 Å². The third-order valence-electron chi connectivity index (χ3n) is 2.91. The molecule has 1 aliphatic heterocycles. The standard InChI is InChI=1S/C11H16O3/c1-7(2)11(12)13-6-8-3-4-9-10(5-8)14-9/h8-10H,1,3-6H2,2H3/t8-,9+,10-/m1/s1. The van der Waals surface area contributed by atoms with Crippen molar-refractivity contribution in [1.29, 1.82) is 0 Å². The van der Waals surface area contributed by atoms with Crippen LogP contribution in [-0.4, -0.2) is 24.8 Å². The maximum absolute atomic E-state index is 11.1. The molecule has 3 nitrogen and oxygen atoms in total. The molecule has 0 aromatic carbocycles. The van der Waals surface area contributed by atoms with E-state index in [4.69, 9.17) is 9.47 Å². The Morgan fingerprint density at radius 3 is 2.93 bits per heavy atom. The molecular weight excluding hydrogens is 180 g/mol. The molecule has 2 aliphatic rings. The summed E-state index contributed by atoms with van der Waals surface area (Å²) >= 11 is 0. The Labute approximate surface area is 84.1 Å². The molecule has 2 rings (SSSR count). The maximum atomic E-state index is 11.1. The monoisotopic (exact) mass is 196 g/mol. The molecule has 0 bridgehead atoms. The molecule has 14 heavy (non-hydrogen) atoms. The zero-order chi connectivity index (χ0) is 10.1. The van der Waals surface area contributed by atoms with Crippen LogP contribution in [0, 0.1) is 5.92 Å². The van der Waals surface area contributed by atoms with Crippen LogP contribution in [0.25, 0.3) is 0 Å². The number of ether oxygens (including phenoxy) is 2. The van der Waals surface area contributed by atoms with E-state index in [9.17, 15) is 4.79 Å². The Balaban J connectivity index is 1.70. The van der Waals surface area contributed by atoms with Gasteiger partial charge in [-0.1, -0.05) is 6.58 Å². The quantitative estimate of drug-likeness (QED) is 0.391. The van der Waals surface area contributed by atoms with Crippen LogP contribution in [0.15, 0.2) is 12.2 Å². The number of fused-ring (bicyclic) bond motifs is 1. The van der Waals surface area contributed by atoms with E-state index in [0.717, 1.165) is 19.3 Å². The van der Waals surface area contributed by atoms with Crippen LogP contribution in [0.1, 0.15) is 26.2 Å². The summed E-state index contributed by atoms with van der Waals surface area (Å²) in [5.41, 5.74) is 0.473. The highest BCUT2D eigenvalue weighted by atomic mass is 16.6. The average Bonchev–Trinajstić information content (AvgIpc) is 2.91. The number of epoxide rings is 1. The Hall–Kier alpha value is -0.830. The summed E-state index contributed by atoms with van der Waals surface area (Å²) in [4.78, 5) is 11.1. The summed E-state index contributed by atoms with van der Waals surface area (Å²) in [6.45, 7) is 5.74. The molecule has 2 fully saturated rings. The molecule has 1 aliphatic carbocycles. The van der Waals surface area contributed by atoms with Gasteiger partial charge in [-0.15, -0.1) is 0 Å². The van der Waals surface area contributed by atoms with E-state index >= 15 is 0 Å². The zero-order valence-corrected chi connectivity index (χ0v) is 8.49. The molecule has 1 saturated heterocycles. The zero-order valence-electron chi connectivity index (χ0n) is 8.49. The molecule has 0 unspecified atom stereocenters. The highest BCUT2D eigenvalue weighted by Crippen LogP contribution is 2.39. The second-order valence-electron chi connectivity index (χ2n) is 4.27. The van der Waals surface area contributed by atoms with E-state index in [1.165, 1.54) is 0 Å². The van der Waals surface area contributed by atoms with Crippen molar-refractivity contribution in [3.8, 4) is 0 Å². The van der Waals surface area contributed by atoms with Crippen molar-refractivity contribution >= 4 is 5.97 Å². The average molecular weight is 196 g/mol. The number of rotatable bonds is 3. The molecule has 0 aromatic heterocycles. The van der Waals surface area contributed by atoms with E-state index in [1.807, 2.05) is 0 Å². The van der Waals surface area contributed by atoms with Gasteiger partial charge in [0.25, 0.3) is 0 Å². The van der Waals surface area contributed by atoms with Gasteiger partial charge >= 0.3 is 5.97 Å². The molecular formula is C11H16O3. The maximum Gasteiger partial charge on any atom is 0.333 e. The van der Waals surface area contributed by atoms with Gasteiger partial charge in [0, 0.05) is 5.57 Å². The van der Waals surface area contributed by atoms with Gasteiger partial charge in [-0.2, -0.15) is 0 Å². The molecule has 0 spiro atoms. The summed E-state index contributed by atoms with van der Waals surface area (Å²) in [6, 6.07) is 0. The molecule has 0 amide bonds. The van der Waals surface area contributed by atoms with Crippen molar-refractivity contribution in [3.05, 3.63) is 12.2 Å². The summed E-state index contributed by atoms with van der Waals surface area (Å²) < 4.78 is 10.5. The lowest BCUT2D eigenvalue weighted by atomic mass is 9.90. The third kappa shape index (κ3) is 2.15. The normalized spacial score (nSPS) is 34.5. The van der Waals surface area contributed by atoms with Crippen molar-refractivity contribution in [2.24, 2.45) is 5.92 Å². The summed E-state index contributed by atoms with van der Waals surface area (Å²) in [5, 5.41) is 0. The van der Waals surface area contributed by atoms with Crippen molar-refractivity contribution in [2.75, 3.05) is 6.61 Å². The highest BCUT2D eigenvalue weighted by molar-refractivity contribution is 5.86. The first kappa shape index (κ1) is 9.71. The predicted octanol–water partition coefficient (Wildman–Crippen LogP) is 1.67. The van der Waals surface area contributed by atoms with Gasteiger partial charge in [0.15, 0.2) is 0 Å². The van der Waals surface area contributed by atoms with Crippen LogP contribution < -0.4 is 0 Å². The number of carbonyl (C=O) groups excluding carboxylic acids is 1. The second kappa shape index (κ2) is 3.73. The van der Waals surface area contributed by atoms with Crippen molar-refractivity contribution in [2.45, 2.75) is 38.4 Å². The number of carbonyl (C=O) groups is 1. The number of esters is 1. The smallest absolute Gasteiger partial charge is 0.333 e. The van der Waals surface area contributed by atoms with Gasteiger partial charge in [-0.05, 0) is 32.1 Å². The van der Waals surface area contributed by atoms with Gasteiger partial charge < -0.3 is 9.47 Å². The topological polar surface area (TPSA) is 38.8 Å². The minimum atomic E-state index is -0.274. The minimum absolute atomic E-state index is 0.274. The van der Waals surface area contributed by atoms with Crippen LogP contribution in [0.3, 0.4) is 0 Å². The largest absolute Gasteiger partial charge is 0.462 e. The van der Waals surface area contributed by atoms with Crippen LogP contribution in [0.4, 0.5) is 0 Å². The van der Waals surface area contributed by atoms with Gasteiger partial charge in [-0.25, -0.2) is 4.79 Å². The van der Waals surface area contributed by atoms with Gasteiger partial charge in [0.2, 0.25) is 0 Å². The van der Waals surface area contributed by atoms with E-state index in [1.54, 1.807) is 6.92 Å². The Bertz CT molecular complexity index is 259. The van der Waals surface area contributed by atoms with Gasteiger partial charge in [-0.3, -0.25) is 0 Å². The summed E-state index contributed by atoms with van der Waals surface area (Å²) in [6.07, 6.45) is 4.26.